The van der Waals surface area contributed by atoms with E-state index in [0.29, 0.717) is 16.7 Å². The molecule has 5 heteroatoms. The number of hydrogen-bond acceptors (Lipinski definition) is 2. The first-order valence-corrected chi connectivity index (χ1v) is 8.00. The summed E-state index contributed by atoms with van der Waals surface area (Å²) in [7, 11) is 0. The Bertz CT molecular complexity index is 644. The Labute approximate surface area is 141 Å². The van der Waals surface area contributed by atoms with Gasteiger partial charge >= 0.3 is 6.03 Å². The fraction of sp³-hybridized carbons (Fsp3) is 0.278. The van der Waals surface area contributed by atoms with Crippen molar-refractivity contribution in [3.05, 3.63) is 59.1 Å². The summed E-state index contributed by atoms with van der Waals surface area (Å²) in [6, 6.07) is 14.5. The highest BCUT2D eigenvalue weighted by Gasteiger charge is 2.10. The number of halogens is 1. The molecule has 0 saturated heterocycles. The van der Waals surface area contributed by atoms with Crippen LogP contribution in [0.15, 0.2) is 48.5 Å². The Morgan fingerprint density at radius 1 is 1.17 bits per heavy atom. The van der Waals surface area contributed by atoms with Crippen molar-refractivity contribution in [1.82, 2.24) is 5.32 Å². The van der Waals surface area contributed by atoms with Crippen LogP contribution in [0.2, 0.25) is 5.02 Å². The fourth-order valence-electron chi connectivity index (χ4n) is 2.14. The third kappa shape index (κ3) is 5.18. The van der Waals surface area contributed by atoms with Crippen LogP contribution >= 0.6 is 11.6 Å². The van der Waals surface area contributed by atoms with Gasteiger partial charge in [0.25, 0.3) is 0 Å². The van der Waals surface area contributed by atoms with Gasteiger partial charge in [-0.05, 0) is 48.2 Å². The van der Waals surface area contributed by atoms with Crippen molar-refractivity contribution in [2.45, 2.75) is 26.2 Å². The third-order valence-electron chi connectivity index (χ3n) is 3.64. The maximum atomic E-state index is 12.0. The first kappa shape index (κ1) is 17.2. The average Bonchev–Trinajstić information content (AvgIpc) is 2.56. The number of benzene rings is 2. The van der Waals surface area contributed by atoms with Crippen molar-refractivity contribution in [2.24, 2.45) is 0 Å². The summed E-state index contributed by atoms with van der Waals surface area (Å²) in [6.45, 7) is 4.35. The lowest BCUT2D eigenvalue weighted by Crippen LogP contribution is -2.32. The van der Waals surface area contributed by atoms with Crippen molar-refractivity contribution in [2.75, 3.05) is 12.0 Å². The molecule has 0 aliphatic rings. The molecular weight excluding hydrogens is 312 g/mol. The van der Waals surface area contributed by atoms with E-state index in [9.17, 15) is 4.79 Å². The quantitative estimate of drug-likeness (QED) is 0.730. The van der Waals surface area contributed by atoms with Gasteiger partial charge < -0.3 is 15.4 Å². The van der Waals surface area contributed by atoms with Crippen LogP contribution in [0, 0.1) is 0 Å². The van der Waals surface area contributed by atoms with Crippen molar-refractivity contribution in [3.63, 3.8) is 0 Å². The molecule has 0 heterocycles. The second-order valence-electron chi connectivity index (χ2n) is 5.27. The number of carbonyl (C=O) groups is 1. The van der Waals surface area contributed by atoms with Crippen LogP contribution in [-0.4, -0.2) is 12.8 Å². The summed E-state index contributed by atoms with van der Waals surface area (Å²) in [5.74, 6) is 1.03. The maximum absolute atomic E-state index is 12.0. The summed E-state index contributed by atoms with van der Waals surface area (Å²) >= 11 is 5.80. The molecule has 2 aromatic rings. The smallest absolute Gasteiger partial charge is 0.321 e. The van der Waals surface area contributed by atoms with E-state index < -0.39 is 0 Å². The van der Waals surface area contributed by atoms with Gasteiger partial charge in [0.2, 0.25) is 0 Å². The lowest BCUT2D eigenvalue weighted by atomic mass is 9.97. The van der Waals surface area contributed by atoms with E-state index in [0.717, 1.165) is 17.7 Å². The number of urea groups is 1. The minimum Gasteiger partial charge on any atom is -0.473 e. The molecule has 1 atom stereocenters. The van der Waals surface area contributed by atoms with Crippen LogP contribution < -0.4 is 15.4 Å². The van der Waals surface area contributed by atoms with Gasteiger partial charge in [-0.2, -0.15) is 0 Å². The molecule has 0 fully saturated rings. The number of carbonyl (C=O) groups excluding carboxylic acids is 1. The Morgan fingerprint density at radius 3 is 2.57 bits per heavy atom. The lowest BCUT2D eigenvalue weighted by molar-refractivity contribution is 0.234. The first-order valence-electron chi connectivity index (χ1n) is 7.62. The van der Waals surface area contributed by atoms with E-state index in [1.54, 1.807) is 24.3 Å². The molecule has 2 aromatic carbocycles. The molecule has 2 amide bonds. The van der Waals surface area contributed by atoms with Gasteiger partial charge in [-0.25, -0.2) is 4.79 Å². The molecule has 23 heavy (non-hydrogen) atoms. The number of rotatable bonds is 6. The number of para-hydroxylation sites is 1. The van der Waals surface area contributed by atoms with Crippen LogP contribution in [0.3, 0.4) is 0 Å². The zero-order valence-electron chi connectivity index (χ0n) is 13.3. The Hall–Kier alpha value is -2.20. The highest BCUT2D eigenvalue weighted by molar-refractivity contribution is 6.30. The van der Waals surface area contributed by atoms with Gasteiger partial charge in [0, 0.05) is 10.7 Å². The Morgan fingerprint density at radius 2 is 1.87 bits per heavy atom. The largest absolute Gasteiger partial charge is 0.473 e. The predicted molar refractivity (Wildman–Crippen MR) is 94.2 cm³/mol. The molecule has 2 rings (SSSR count). The highest BCUT2D eigenvalue weighted by atomic mass is 35.5. The van der Waals surface area contributed by atoms with E-state index in [1.807, 2.05) is 24.3 Å². The molecule has 0 bridgehead atoms. The van der Waals surface area contributed by atoms with Gasteiger partial charge in [0.15, 0.2) is 6.73 Å². The number of hydrogen-bond donors (Lipinski definition) is 2. The number of ether oxygens (including phenoxy) is 1. The van der Waals surface area contributed by atoms with Crippen LogP contribution in [0.5, 0.6) is 5.75 Å². The van der Waals surface area contributed by atoms with Crippen LogP contribution in [-0.2, 0) is 0 Å². The van der Waals surface area contributed by atoms with Gasteiger partial charge in [-0.15, -0.1) is 0 Å². The number of anilines is 1. The van der Waals surface area contributed by atoms with Gasteiger partial charge in [-0.1, -0.05) is 43.6 Å². The predicted octanol–water partition coefficient (Wildman–Crippen LogP) is 5.01. The van der Waals surface area contributed by atoms with Gasteiger partial charge in [0.05, 0.1) is 0 Å². The molecule has 0 radical (unpaired) electrons. The SMILES string of the molecule is CCC(C)c1ccccc1NC(=O)NCOc1ccc(Cl)cc1. The molecule has 0 aliphatic heterocycles. The normalized spacial score (nSPS) is 11.6. The monoisotopic (exact) mass is 332 g/mol. The van der Waals surface area contributed by atoms with E-state index in [1.165, 1.54) is 0 Å². The van der Waals surface area contributed by atoms with E-state index >= 15 is 0 Å². The second kappa shape index (κ2) is 8.44. The lowest BCUT2D eigenvalue weighted by Gasteiger charge is -2.16. The third-order valence-corrected chi connectivity index (χ3v) is 3.89. The fourth-order valence-corrected chi connectivity index (χ4v) is 2.27. The summed E-state index contributed by atoms with van der Waals surface area (Å²) in [6.07, 6.45) is 1.01. The topological polar surface area (TPSA) is 50.4 Å². The van der Waals surface area contributed by atoms with Crippen LogP contribution in [0.4, 0.5) is 10.5 Å². The van der Waals surface area contributed by atoms with Crippen LogP contribution in [0.1, 0.15) is 31.7 Å². The average molecular weight is 333 g/mol. The molecule has 0 spiro atoms. The highest BCUT2D eigenvalue weighted by Crippen LogP contribution is 2.26. The summed E-state index contributed by atoms with van der Waals surface area (Å²) in [5, 5.41) is 6.19. The molecule has 4 nitrogen and oxygen atoms in total. The van der Waals surface area contributed by atoms with Crippen molar-refractivity contribution < 1.29 is 9.53 Å². The molecule has 1 unspecified atom stereocenters. The van der Waals surface area contributed by atoms with Gasteiger partial charge in [0.1, 0.15) is 5.75 Å². The Kier molecular flexibility index (Phi) is 6.29. The molecule has 0 aliphatic carbocycles. The summed E-state index contributed by atoms with van der Waals surface area (Å²) in [5.41, 5.74) is 1.95. The van der Waals surface area contributed by atoms with Crippen LogP contribution in [0.25, 0.3) is 0 Å². The molecule has 122 valence electrons. The minimum absolute atomic E-state index is 0.0823. The van der Waals surface area contributed by atoms with Crippen molar-refractivity contribution in [1.29, 1.82) is 0 Å². The second-order valence-corrected chi connectivity index (χ2v) is 5.71. The molecular formula is C18H21ClN2O2. The summed E-state index contributed by atoms with van der Waals surface area (Å²) < 4.78 is 5.44. The maximum Gasteiger partial charge on any atom is 0.321 e. The number of nitrogens with one attached hydrogen (secondary N) is 2. The molecule has 0 aromatic heterocycles. The van der Waals surface area contributed by atoms with Crippen molar-refractivity contribution >= 4 is 23.3 Å². The summed E-state index contributed by atoms with van der Waals surface area (Å²) in [4.78, 5) is 12.0. The van der Waals surface area contributed by atoms with Crippen molar-refractivity contribution in [3.8, 4) is 5.75 Å². The zero-order valence-corrected chi connectivity index (χ0v) is 14.1. The molecule has 2 N–H and O–H groups in total. The zero-order chi connectivity index (χ0) is 16.7. The van der Waals surface area contributed by atoms with E-state index in [4.69, 9.17) is 16.3 Å². The Balaban J connectivity index is 1.86. The standard InChI is InChI=1S/C18H21ClN2O2/c1-3-13(2)16-6-4-5-7-17(16)21-18(22)20-12-23-15-10-8-14(19)9-11-15/h4-11,13H,3,12H2,1-2H3,(H2,20,21,22). The van der Waals surface area contributed by atoms with Gasteiger partial charge in [-0.3, -0.25) is 0 Å². The van der Waals surface area contributed by atoms with E-state index in [-0.39, 0.29) is 12.8 Å². The first-order chi connectivity index (χ1) is 11.1. The molecule has 0 saturated carbocycles. The van der Waals surface area contributed by atoms with E-state index in [2.05, 4.69) is 24.5 Å². The minimum atomic E-state index is -0.297. The number of amides is 2.